The van der Waals surface area contributed by atoms with E-state index in [1.165, 1.54) is 16.1 Å². The Labute approximate surface area is 186 Å². The maximum atomic E-state index is 12.4. The van der Waals surface area contributed by atoms with E-state index in [1.807, 2.05) is 58.9 Å². The van der Waals surface area contributed by atoms with E-state index >= 15 is 0 Å². The molecule has 2 rings (SSSR count). The lowest BCUT2D eigenvalue weighted by molar-refractivity contribution is -0.121. The molecule has 1 N–H and O–H groups in total. The molecule has 7 heteroatoms. The molecule has 0 aromatic heterocycles. The molecule has 0 saturated heterocycles. The van der Waals surface area contributed by atoms with Gasteiger partial charge < -0.3 is 10.1 Å². The normalized spacial score (nSPS) is 11.3. The first-order chi connectivity index (χ1) is 14.5. The summed E-state index contributed by atoms with van der Waals surface area (Å²) in [5, 5.41) is 2.83. The molecule has 1 amide bonds. The number of anilines is 1. The number of amides is 1. The number of ether oxygens (including phenoxy) is 1. The van der Waals surface area contributed by atoms with Crippen molar-refractivity contribution in [1.29, 1.82) is 0 Å². The van der Waals surface area contributed by atoms with Crippen LogP contribution in [0.15, 0.2) is 30.3 Å². The molecular weight excluding hydrogens is 412 g/mol. The molecule has 2 aromatic carbocycles. The van der Waals surface area contributed by atoms with Gasteiger partial charge in [-0.05, 0) is 63.8 Å². The zero-order valence-corrected chi connectivity index (χ0v) is 20.2. The number of hydrogen-bond acceptors (Lipinski definition) is 4. The van der Waals surface area contributed by atoms with Crippen LogP contribution in [0.1, 0.15) is 40.7 Å². The number of nitrogens with one attached hydrogen (secondary N) is 1. The maximum Gasteiger partial charge on any atom is 0.232 e. The van der Waals surface area contributed by atoms with Crippen molar-refractivity contribution in [3.8, 4) is 5.75 Å². The van der Waals surface area contributed by atoms with Gasteiger partial charge in [-0.15, -0.1) is 0 Å². The lowest BCUT2D eigenvalue weighted by Crippen LogP contribution is -2.33. The Kier molecular flexibility index (Phi) is 8.51. The number of benzene rings is 2. The van der Waals surface area contributed by atoms with Crippen LogP contribution < -0.4 is 14.4 Å². The average Bonchev–Trinajstić information content (AvgIpc) is 2.63. The van der Waals surface area contributed by atoms with E-state index in [0.29, 0.717) is 25.3 Å². The van der Waals surface area contributed by atoms with Gasteiger partial charge in [-0.25, -0.2) is 8.42 Å². The number of hydrogen-bond donors (Lipinski definition) is 1. The van der Waals surface area contributed by atoms with Crippen molar-refractivity contribution in [1.82, 2.24) is 5.32 Å². The molecular formula is C24H34N2O4S. The molecule has 0 radical (unpaired) electrons. The van der Waals surface area contributed by atoms with Crippen molar-refractivity contribution in [2.45, 2.75) is 47.5 Å². The average molecular weight is 447 g/mol. The third-order valence-electron chi connectivity index (χ3n) is 5.06. The topological polar surface area (TPSA) is 75.7 Å². The van der Waals surface area contributed by atoms with Gasteiger partial charge in [-0.1, -0.05) is 35.4 Å². The van der Waals surface area contributed by atoms with Crippen LogP contribution in [-0.4, -0.2) is 40.3 Å². The van der Waals surface area contributed by atoms with Gasteiger partial charge in [-0.3, -0.25) is 9.10 Å². The second-order valence-electron chi connectivity index (χ2n) is 8.15. The van der Waals surface area contributed by atoms with Crippen LogP contribution in [0, 0.1) is 34.6 Å². The predicted octanol–water partition coefficient (Wildman–Crippen LogP) is 3.97. The zero-order valence-electron chi connectivity index (χ0n) is 19.4. The van der Waals surface area contributed by atoms with Crippen molar-refractivity contribution < 1.29 is 17.9 Å². The lowest BCUT2D eigenvalue weighted by atomic mass is 10.0. The van der Waals surface area contributed by atoms with E-state index in [9.17, 15) is 13.2 Å². The summed E-state index contributed by atoms with van der Waals surface area (Å²) in [6.45, 7) is 10.9. The third kappa shape index (κ3) is 7.28. The van der Waals surface area contributed by atoms with Gasteiger partial charge in [0.15, 0.2) is 0 Å². The fourth-order valence-corrected chi connectivity index (χ4v) is 4.87. The Hall–Kier alpha value is -2.54. The van der Waals surface area contributed by atoms with Gasteiger partial charge in [0.25, 0.3) is 0 Å². The van der Waals surface area contributed by atoms with Gasteiger partial charge in [0.2, 0.25) is 15.9 Å². The summed E-state index contributed by atoms with van der Waals surface area (Å²) in [5.74, 6) is 0.697. The van der Waals surface area contributed by atoms with E-state index in [4.69, 9.17) is 4.74 Å². The van der Waals surface area contributed by atoms with Crippen molar-refractivity contribution >= 4 is 21.6 Å². The van der Waals surface area contributed by atoms with Gasteiger partial charge >= 0.3 is 0 Å². The SMILES string of the molecule is Cc1ccc(OCCNC(=O)CCCN(c2c(C)cc(C)cc2C)S(C)(=O)=O)c(C)c1. The molecule has 0 aliphatic rings. The summed E-state index contributed by atoms with van der Waals surface area (Å²) in [5.41, 5.74) is 5.86. The molecule has 0 fully saturated rings. The van der Waals surface area contributed by atoms with Crippen molar-refractivity contribution in [2.24, 2.45) is 0 Å². The second kappa shape index (κ2) is 10.7. The smallest absolute Gasteiger partial charge is 0.232 e. The lowest BCUT2D eigenvalue weighted by Gasteiger charge is -2.26. The number of aryl methyl sites for hydroxylation is 5. The first-order valence-electron chi connectivity index (χ1n) is 10.5. The highest BCUT2D eigenvalue weighted by Crippen LogP contribution is 2.28. The zero-order chi connectivity index (χ0) is 23.2. The van der Waals surface area contributed by atoms with Crippen molar-refractivity contribution in [3.05, 3.63) is 58.1 Å². The summed E-state index contributed by atoms with van der Waals surface area (Å²) in [6, 6.07) is 9.93. The molecule has 0 unspecified atom stereocenters. The fraction of sp³-hybridized carbons (Fsp3) is 0.458. The molecule has 0 atom stereocenters. The van der Waals surface area contributed by atoms with Gasteiger partial charge in [0.1, 0.15) is 12.4 Å². The number of rotatable bonds is 10. The maximum absolute atomic E-state index is 12.4. The first kappa shape index (κ1) is 24.7. The van der Waals surface area contributed by atoms with E-state index in [-0.39, 0.29) is 18.9 Å². The number of carbonyl (C=O) groups excluding carboxylic acids is 1. The van der Waals surface area contributed by atoms with Crippen molar-refractivity contribution in [3.63, 3.8) is 0 Å². The summed E-state index contributed by atoms with van der Waals surface area (Å²) in [6.07, 6.45) is 1.89. The highest BCUT2D eigenvalue weighted by Gasteiger charge is 2.21. The minimum Gasteiger partial charge on any atom is -0.491 e. The van der Waals surface area contributed by atoms with Crippen LogP contribution >= 0.6 is 0 Å². The van der Waals surface area contributed by atoms with Crippen LogP contribution in [0.4, 0.5) is 5.69 Å². The Morgan fingerprint density at radius 2 is 1.58 bits per heavy atom. The minimum atomic E-state index is -3.45. The Morgan fingerprint density at radius 1 is 0.968 bits per heavy atom. The van der Waals surface area contributed by atoms with E-state index < -0.39 is 10.0 Å². The summed E-state index contributed by atoms with van der Waals surface area (Å²) >= 11 is 0. The van der Waals surface area contributed by atoms with E-state index in [0.717, 1.165) is 28.0 Å². The molecule has 31 heavy (non-hydrogen) atoms. The molecule has 0 saturated carbocycles. The molecule has 0 bridgehead atoms. The quantitative estimate of drug-likeness (QED) is 0.561. The van der Waals surface area contributed by atoms with Crippen LogP contribution in [0.3, 0.4) is 0 Å². The minimum absolute atomic E-state index is 0.116. The van der Waals surface area contributed by atoms with E-state index in [2.05, 4.69) is 11.4 Å². The first-order valence-corrected chi connectivity index (χ1v) is 12.4. The predicted molar refractivity (Wildman–Crippen MR) is 126 cm³/mol. The van der Waals surface area contributed by atoms with Crippen LogP contribution in [0.25, 0.3) is 0 Å². The largest absolute Gasteiger partial charge is 0.491 e. The Bertz CT molecular complexity index is 1010. The molecule has 6 nitrogen and oxygen atoms in total. The Balaban J connectivity index is 1.85. The fourth-order valence-electron chi connectivity index (χ4n) is 3.79. The van der Waals surface area contributed by atoms with Crippen LogP contribution in [0.5, 0.6) is 5.75 Å². The van der Waals surface area contributed by atoms with E-state index in [1.54, 1.807) is 0 Å². The Morgan fingerprint density at radius 3 is 2.16 bits per heavy atom. The molecule has 0 aliphatic carbocycles. The highest BCUT2D eigenvalue weighted by molar-refractivity contribution is 7.92. The van der Waals surface area contributed by atoms with Gasteiger partial charge in [0, 0.05) is 13.0 Å². The third-order valence-corrected chi connectivity index (χ3v) is 6.23. The molecule has 0 aliphatic heterocycles. The standard InChI is InChI=1S/C24H34N2O4S/c1-17-9-10-22(19(3)14-17)30-13-11-25-23(27)8-7-12-26(31(6,28)29)24-20(4)15-18(2)16-21(24)5/h9-10,14-16H,7-8,11-13H2,1-6H3,(H,25,27). The molecule has 2 aromatic rings. The second-order valence-corrected chi connectivity index (χ2v) is 10.1. The summed E-state index contributed by atoms with van der Waals surface area (Å²) in [4.78, 5) is 12.2. The summed E-state index contributed by atoms with van der Waals surface area (Å²) < 4.78 is 31.9. The van der Waals surface area contributed by atoms with Crippen LogP contribution in [0.2, 0.25) is 0 Å². The van der Waals surface area contributed by atoms with Gasteiger partial charge in [0.05, 0.1) is 18.5 Å². The summed E-state index contributed by atoms with van der Waals surface area (Å²) in [7, 11) is -3.45. The molecule has 170 valence electrons. The van der Waals surface area contributed by atoms with Gasteiger partial charge in [-0.2, -0.15) is 0 Å². The number of nitrogens with zero attached hydrogens (tertiary/aromatic N) is 1. The molecule has 0 heterocycles. The van der Waals surface area contributed by atoms with Crippen molar-refractivity contribution in [2.75, 3.05) is 30.3 Å². The molecule has 0 spiro atoms. The van der Waals surface area contributed by atoms with Crippen LogP contribution in [-0.2, 0) is 14.8 Å². The highest BCUT2D eigenvalue weighted by atomic mass is 32.2. The number of carbonyl (C=O) groups is 1. The number of sulfonamides is 1. The monoisotopic (exact) mass is 446 g/mol.